The molecule has 1 aromatic rings. The molecule has 0 saturated heterocycles. The molecule has 0 radical (unpaired) electrons. The fourth-order valence-corrected chi connectivity index (χ4v) is 1.25. The van der Waals surface area contributed by atoms with E-state index in [0.29, 0.717) is 6.54 Å². The zero-order valence-electron chi connectivity index (χ0n) is 11.3. The molecular formula is C14H24N2O. The van der Waals surface area contributed by atoms with Crippen molar-refractivity contribution in [2.24, 2.45) is 0 Å². The molecule has 1 aromatic carbocycles. The van der Waals surface area contributed by atoms with E-state index in [2.05, 4.69) is 10.6 Å². The monoisotopic (exact) mass is 236 g/mol. The standard InChI is InChI=1S/C12H18N2O.C2H6/c1-3-13-8-9-14-12(15)11-6-4-10(2)5-7-11;1-2/h4-7,13H,3,8-9H2,1-2H3,(H,14,15);1-2H3. The zero-order valence-corrected chi connectivity index (χ0v) is 11.3. The summed E-state index contributed by atoms with van der Waals surface area (Å²) in [5, 5.41) is 6.00. The molecule has 0 aliphatic rings. The SMILES string of the molecule is CC.CCNCCNC(=O)c1ccc(C)cc1. The topological polar surface area (TPSA) is 41.1 Å². The van der Waals surface area contributed by atoms with Gasteiger partial charge in [-0.15, -0.1) is 0 Å². The van der Waals surface area contributed by atoms with Crippen molar-refractivity contribution in [3.05, 3.63) is 35.4 Å². The number of nitrogens with one attached hydrogen (secondary N) is 2. The molecule has 1 rings (SSSR count). The lowest BCUT2D eigenvalue weighted by atomic mass is 10.1. The minimum absolute atomic E-state index is 0.00657. The van der Waals surface area contributed by atoms with Crippen molar-refractivity contribution in [1.29, 1.82) is 0 Å². The molecule has 17 heavy (non-hydrogen) atoms. The predicted molar refractivity (Wildman–Crippen MR) is 73.4 cm³/mol. The van der Waals surface area contributed by atoms with Crippen LogP contribution < -0.4 is 10.6 Å². The van der Waals surface area contributed by atoms with Crippen molar-refractivity contribution in [2.75, 3.05) is 19.6 Å². The van der Waals surface area contributed by atoms with Crippen LogP contribution in [-0.2, 0) is 0 Å². The van der Waals surface area contributed by atoms with Crippen LogP contribution in [0.3, 0.4) is 0 Å². The number of carbonyl (C=O) groups excluding carboxylic acids is 1. The van der Waals surface area contributed by atoms with Crippen LogP contribution in [0, 0.1) is 6.92 Å². The minimum atomic E-state index is -0.00657. The predicted octanol–water partition coefficient (Wildman–Crippen LogP) is 2.36. The van der Waals surface area contributed by atoms with E-state index >= 15 is 0 Å². The van der Waals surface area contributed by atoms with Gasteiger partial charge in [0.2, 0.25) is 0 Å². The Labute approximate surface area is 105 Å². The van der Waals surface area contributed by atoms with Gasteiger partial charge >= 0.3 is 0 Å². The van der Waals surface area contributed by atoms with Gasteiger partial charge in [-0.25, -0.2) is 0 Å². The lowest BCUT2D eigenvalue weighted by Gasteiger charge is -2.05. The second-order valence-corrected chi connectivity index (χ2v) is 3.48. The number of rotatable bonds is 5. The van der Waals surface area contributed by atoms with Crippen LogP contribution >= 0.6 is 0 Å². The molecule has 3 nitrogen and oxygen atoms in total. The highest BCUT2D eigenvalue weighted by Gasteiger charge is 2.02. The van der Waals surface area contributed by atoms with Gasteiger partial charge in [0.15, 0.2) is 0 Å². The Morgan fingerprint density at radius 3 is 2.24 bits per heavy atom. The summed E-state index contributed by atoms with van der Waals surface area (Å²) in [6, 6.07) is 7.58. The van der Waals surface area contributed by atoms with Crippen molar-refractivity contribution >= 4 is 5.91 Å². The van der Waals surface area contributed by atoms with Gasteiger partial charge in [-0.3, -0.25) is 4.79 Å². The lowest BCUT2D eigenvalue weighted by molar-refractivity contribution is 0.0954. The second kappa shape index (κ2) is 9.85. The summed E-state index contributed by atoms with van der Waals surface area (Å²) in [4.78, 5) is 11.6. The number of likely N-dealkylation sites (N-methyl/N-ethyl adjacent to an activating group) is 1. The second-order valence-electron chi connectivity index (χ2n) is 3.48. The summed E-state index contributed by atoms with van der Waals surface area (Å²) >= 11 is 0. The van der Waals surface area contributed by atoms with E-state index in [9.17, 15) is 4.79 Å². The molecule has 0 aliphatic heterocycles. The fourth-order valence-electron chi connectivity index (χ4n) is 1.25. The summed E-state index contributed by atoms with van der Waals surface area (Å²) in [5.41, 5.74) is 1.89. The molecule has 0 heterocycles. The number of benzene rings is 1. The molecule has 0 spiro atoms. The van der Waals surface area contributed by atoms with E-state index in [0.717, 1.165) is 18.7 Å². The van der Waals surface area contributed by atoms with Gasteiger partial charge in [-0.2, -0.15) is 0 Å². The lowest BCUT2D eigenvalue weighted by Crippen LogP contribution is -2.31. The Balaban J connectivity index is 0.00000121. The molecule has 0 fully saturated rings. The van der Waals surface area contributed by atoms with E-state index in [1.807, 2.05) is 52.0 Å². The number of hydrogen-bond acceptors (Lipinski definition) is 2. The molecule has 0 atom stereocenters. The summed E-state index contributed by atoms with van der Waals surface area (Å²) in [6.45, 7) is 10.5. The largest absolute Gasteiger partial charge is 0.351 e. The molecule has 3 heteroatoms. The summed E-state index contributed by atoms with van der Waals surface area (Å²) in [7, 11) is 0. The van der Waals surface area contributed by atoms with Gasteiger partial charge in [0.1, 0.15) is 0 Å². The van der Waals surface area contributed by atoms with Gasteiger partial charge in [0.05, 0.1) is 0 Å². The molecule has 0 unspecified atom stereocenters. The third-order valence-electron chi connectivity index (χ3n) is 2.15. The average Bonchev–Trinajstić information content (AvgIpc) is 2.38. The third-order valence-corrected chi connectivity index (χ3v) is 2.15. The Morgan fingerprint density at radius 1 is 1.12 bits per heavy atom. The molecule has 0 aliphatic carbocycles. The van der Waals surface area contributed by atoms with Crippen molar-refractivity contribution in [3.63, 3.8) is 0 Å². The maximum Gasteiger partial charge on any atom is 0.251 e. The van der Waals surface area contributed by atoms with E-state index < -0.39 is 0 Å². The molecule has 0 saturated carbocycles. The summed E-state index contributed by atoms with van der Waals surface area (Å²) in [5.74, 6) is -0.00657. The first-order chi connectivity index (χ1) is 8.24. The fraction of sp³-hybridized carbons (Fsp3) is 0.500. The molecule has 1 amide bonds. The highest BCUT2D eigenvalue weighted by molar-refractivity contribution is 5.94. The maximum absolute atomic E-state index is 11.6. The molecule has 96 valence electrons. The first-order valence-electron chi connectivity index (χ1n) is 6.29. The van der Waals surface area contributed by atoms with Gasteiger partial charge in [0, 0.05) is 18.7 Å². The first kappa shape index (κ1) is 15.7. The molecule has 2 N–H and O–H groups in total. The first-order valence-corrected chi connectivity index (χ1v) is 6.29. The van der Waals surface area contributed by atoms with Crippen LogP contribution in [0.4, 0.5) is 0 Å². The van der Waals surface area contributed by atoms with E-state index in [1.165, 1.54) is 5.56 Å². The summed E-state index contributed by atoms with van der Waals surface area (Å²) < 4.78 is 0. The van der Waals surface area contributed by atoms with E-state index in [4.69, 9.17) is 0 Å². The number of amides is 1. The van der Waals surface area contributed by atoms with Crippen LogP contribution in [-0.4, -0.2) is 25.5 Å². The number of aryl methyl sites for hydroxylation is 1. The van der Waals surface area contributed by atoms with Crippen LogP contribution in [0.1, 0.15) is 36.7 Å². The van der Waals surface area contributed by atoms with Crippen LogP contribution in [0.25, 0.3) is 0 Å². The Hall–Kier alpha value is -1.35. The van der Waals surface area contributed by atoms with Crippen molar-refractivity contribution < 1.29 is 4.79 Å². The number of hydrogen-bond donors (Lipinski definition) is 2. The quantitative estimate of drug-likeness (QED) is 0.771. The van der Waals surface area contributed by atoms with Crippen molar-refractivity contribution in [2.45, 2.75) is 27.7 Å². The Bertz CT molecular complexity index is 307. The van der Waals surface area contributed by atoms with Gasteiger partial charge in [0.25, 0.3) is 5.91 Å². The normalized spacial score (nSPS) is 9.18. The molecule has 0 aromatic heterocycles. The Morgan fingerprint density at radius 2 is 1.71 bits per heavy atom. The maximum atomic E-state index is 11.6. The van der Waals surface area contributed by atoms with Crippen LogP contribution in [0.2, 0.25) is 0 Å². The summed E-state index contributed by atoms with van der Waals surface area (Å²) in [6.07, 6.45) is 0. The van der Waals surface area contributed by atoms with Crippen LogP contribution in [0.15, 0.2) is 24.3 Å². The Kier molecular flexibility index (Phi) is 9.06. The highest BCUT2D eigenvalue weighted by atomic mass is 16.1. The average molecular weight is 236 g/mol. The number of carbonyl (C=O) groups is 1. The molecular weight excluding hydrogens is 212 g/mol. The van der Waals surface area contributed by atoms with E-state index in [1.54, 1.807) is 0 Å². The van der Waals surface area contributed by atoms with Crippen molar-refractivity contribution in [1.82, 2.24) is 10.6 Å². The van der Waals surface area contributed by atoms with Crippen LogP contribution in [0.5, 0.6) is 0 Å². The smallest absolute Gasteiger partial charge is 0.251 e. The van der Waals surface area contributed by atoms with Gasteiger partial charge < -0.3 is 10.6 Å². The third kappa shape index (κ3) is 6.74. The van der Waals surface area contributed by atoms with Crippen molar-refractivity contribution in [3.8, 4) is 0 Å². The highest BCUT2D eigenvalue weighted by Crippen LogP contribution is 2.02. The van der Waals surface area contributed by atoms with Gasteiger partial charge in [-0.1, -0.05) is 38.5 Å². The molecule has 0 bridgehead atoms. The van der Waals surface area contributed by atoms with E-state index in [-0.39, 0.29) is 5.91 Å². The van der Waals surface area contributed by atoms with Gasteiger partial charge in [-0.05, 0) is 25.6 Å². The zero-order chi connectivity index (χ0) is 13.1. The minimum Gasteiger partial charge on any atom is -0.351 e.